The molecule has 0 saturated carbocycles. The fourth-order valence-corrected chi connectivity index (χ4v) is 2.00. The van der Waals surface area contributed by atoms with Crippen LogP contribution in [0, 0.1) is 24.0 Å². The predicted molar refractivity (Wildman–Crippen MR) is 75.8 cm³/mol. The van der Waals surface area contributed by atoms with Crippen molar-refractivity contribution in [2.45, 2.75) is 19.0 Å². The van der Waals surface area contributed by atoms with Crippen molar-refractivity contribution in [1.29, 1.82) is 0 Å². The third kappa shape index (κ3) is 3.66. The van der Waals surface area contributed by atoms with Gasteiger partial charge in [-0.05, 0) is 23.3 Å². The quantitative estimate of drug-likeness (QED) is 0.815. The van der Waals surface area contributed by atoms with Gasteiger partial charge in [0.25, 0.3) is 0 Å². The van der Waals surface area contributed by atoms with E-state index in [-0.39, 0.29) is 6.04 Å². The fourth-order valence-electron chi connectivity index (χ4n) is 2.00. The van der Waals surface area contributed by atoms with Gasteiger partial charge < -0.3 is 5.32 Å². The average Bonchev–Trinajstić information content (AvgIpc) is 2.48. The number of nitrogens with one attached hydrogen (secondary N) is 1. The Labute approximate surface area is 117 Å². The number of rotatable bonds is 5. The first-order valence-electron chi connectivity index (χ1n) is 6.36. The molecule has 0 spiro atoms. The average molecular weight is 271 g/mol. The Morgan fingerprint density at radius 1 is 1.05 bits per heavy atom. The van der Waals surface area contributed by atoms with Crippen LogP contribution in [0.4, 0.5) is 8.78 Å². The maximum atomic E-state index is 13.1. The van der Waals surface area contributed by atoms with Crippen molar-refractivity contribution in [3.8, 4) is 12.3 Å². The molecule has 2 rings (SSSR count). The standard InChI is InChI=1S/C17H15F2N/c1-2-6-17(14-7-4-3-5-8-14)20-12-13-9-10-15(18)16(19)11-13/h1,3-5,7-11,17,20H,6,12H2/t17-/m0/s1. The van der Waals surface area contributed by atoms with Crippen LogP contribution in [0.5, 0.6) is 0 Å². The summed E-state index contributed by atoms with van der Waals surface area (Å²) in [6, 6.07) is 13.7. The van der Waals surface area contributed by atoms with Crippen LogP contribution in [0.1, 0.15) is 23.6 Å². The molecule has 102 valence electrons. The third-order valence-electron chi connectivity index (χ3n) is 3.06. The van der Waals surface area contributed by atoms with Crippen molar-refractivity contribution in [3.63, 3.8) is 0 Å². The largest absolute Gasteiger partial charge is 0.305 e. The molecule has 1 nitrogen and oxygen atoms in total. The van der Waals surface area contributed by atoms with E-state index in [1.807, 2.05) is 30.3 Å². The highest BCUT2D eigenvalue weighted by Crippen LogP contribution is 2.17. The Bertz CT molecular complexity index is 602. The molecule has 0 aliphatic carbocycles. The first-order valence-corrected chi connectivity index (χ1v) is 6.36. The molecule has 0 fully saturated rings. The van der Waals surface area contributed by atoms with Crippen molar-refractivity contribution < 1.29 is 8.78 Å². The second kappa shape index (κ2) is 6.83. The van der Waals surface area contributed by atoms with E-state index < -0.39 is 11.6 Å². The Morgan fingerprint density at radius 3 is 2.45 bits per heavy atom. The molecule has 0 radical (unpaired) electrons. The number of halogens is 2. The Morgan fingerprint density at radius 2 is 1.80 bits per heavy atom. The first kappa shape index (κ1) is 14.2. The van der Waals surface area contributed by atoms with E-state index in [1.54, 1.807) is 6.07 Å². The molecule has 20 heavy (non-hydrogen) atoms. The minimum atomic E-state index is -0.836. The van der Waals surface area contributed by atoms with E-state index >= 15 is 0 Å². The first-order chi connectivity index (χ1) is 9.70. The molecule has 1 N–H and O–H groups in total. The summed E-state index contributed by atoms with van der Waals surface area (Å²) >= 11 is 0. The van der Waals surface area contributed by atoms with Gasteiger partial charge in [-0.15, -0.1) is 12.3 Å². The summed E-state index contributed by atoms with van der Waals surface area (Å²) in [5, 5.41) is 3.27. The molecule has 0 unspecified atom stereocenters. The van der Waals surface area contributed by atoms with E-state index in [2.05, 4.69) is 11.2 Å². The molecule has 0 bridgehead atoms. The number of benzene rings is 2. The van der Waals surface area contributed by atoms with Crippen LogP contribution in [-0.4, -0.2) is 0 Å². The van der Waals surface area contributed by atoms with Gasteiger partial charge in [0.2, 0.25) is 0 Å². The summed E-state index contributed by atoms with van der Waals surface area (Å²) in [5.74, 6) is 0.955. The predicted octanol–water partition coefficient (Wildman–Crippen LogP) is 3.82. The van der Waals surface area contributed by atoms with Crippen LogP contribution in [0.2, 0.25) is 0 Å². The zero-order valence-electron chi connectivity index (χ0n) is 10.9. The van der Waals surface area contributed by atoms with Gasteiger partial charge in [-0.2, -0.15) is 0 Å². The Kier molecular flexibility index (Phi) is 4.86. The summed E-state index contributed by atoms with van der Waals surface area (Å²) in [5.41, 5.74) is 1.76. The Hall–Kier alpha value is -2.18. The van der Waals surface area contributed by atoms with Gasteiger partial charge >= 0.3 is 0 Å². The molecular weight excluding hydrogens is 256 g/mol. The fraction of sp³-hybridized carbons (Fsp3) is 0.176. The van der Waals surface area contributed by atoms with Gasteiger partial charge in [0.05, 0.1) is 0 Å². The molecule has 2 aromatic carbocycles. The van der Waals surface area contributed by atoms with Gasteiger partial charge in [-0.25, -0.2) is 8.78 Å². The minimum absolute atomic E-state index is 0.00526. The molecular formula is C17H15F2N. The van der Waals surface area contributed by atoms with Gasteiger partial charge in [0.1, 0.15) is 0 Å². The van der Waals surface area contributed by atoms with Gasteiger partial charge in [0, 0.05) is 19.0 Å². The lowest BCUT2D eigenvalue weighted by molar-refractivity contribution is 0.502. The number of hydrogen-bond acceptors (Lipinski definition) is 1. The molecule has 0 aromatic heterocycles. The van der Waals surface area contributed by atoms with Gasteiger partial charge in [-0.3, -0.25) is 0 Å². The third-order valence-corrected chi connectivity index (χ3v) is 3.06. The normalized spacial score (nSPS) is 11.8. The number of hydrogen-bond donors (Lipinski definition) is 1. The van der Waals surface area contributed by atoms with E-state index in [1.165, 1.54) is 6.07 Å². The Balaban J connectivity index is 2.06. The second-order valence-electron chi connectivity index (χ2n) is 4.50. The lowest BCUT2D eigenvalue weighted by Crippen LogP contribution is -2.20. The summed E-state index contributed by atoms with van der Waals surface area (Å²) in [6.45, 7) is 0.429. The van der Waals surface area contributed by atoms with Crippen molar-refractivity contribution in [2.75, 3.05) is 0 Å². The van der Waals surface area contributed by atoms with Gasteiger partial charge in [-0.1, -0.05) is 36.4 Å². The van der Waals surface area contributed by atoms with Crippen molar-refractivity contribution in [1.82, 2.24) is 5.32 Å². The maximum absolute atomic E-state index is 13.1. The molecule has 1 atom stereocenters. The molecule has 3 heteroatoms. The highest BCUT2D eigenvalue weighted by molar-refractivity contribution is 5.22. The van der Waals surface area contributed by atoms with Crippen LogP contribution in [-0.2, 0) is 6.54 Å². The van der Waals surface area contributed by atoms with E-state index in [0.29, 0.717) is 18.5 Å². The maximum Gasteiger partial charge on any atom is 0.159 e. The lowest BCUT2D eigenvalue weighted by Gasteiger charge is -2.17. The molecule has 0 amide bonds. The molecule has 0 aliphatic heterocycles. The highest BCUT2D eigenvalue weighted by Gasteiger charge is 2.10. The van der Waals surface area contributed by atoms with Crippen LogP contribution in [0.15, 0.2) is 48.5 Å². The molecule has 0 heterocycles. The summed E-state index contributed by atoms with van der Waals surface area (Å²) in [7, 11) is 0. The van der Waals surface area contributed by atoms with Crippen molar-refractivity contribution >= 4 is 0 Å². The van der Waals surface area contributed by atoms with Crippen LogP contribution >= 0.6 is 0 Å². The summed E-state index contributed by atoms with van der Waals surface area (Å²) in [4.78, 5) is 0. The SMILES string of the molecule is C#CC[C@H](NCc1ccc(F)c(F)c1)c1ccccc1. The monoisotopic (exact) mass is 271 g/mol. The molecule has 0 aliphatic rings. The van der Waals surface area contributed by atoms with E-state index in [9.17, 15) is 8.78 Å². The second-order valence-corrected chi connectivity index (χ2v) is 4.50. The lowest BCUT2D eigenvalue weighted by atomic mass is 10.0. The van der Waals surface area contributed by atoms with Crippen molar-refractivity contribution in [2.24, 2.45) is 0 Å². The minimum Gasteiger partial charge on any atom is -0.305 e. The van der Waals surface area contributed by atoms with Gasteiger partial charge in [0.15, 0.2) is 11.6 Å². The zero-order valence-corrected chi connectivity index (χ0v) is 10.9. The molecule has 2 aromatic rings. The van der Waals surface area contributed by atoms with E-state index in [0.717, 1.165) is 11.6 Å². The van der Waals surface area contributed by atoms with Crippen LogP contribution in [0.3, 0.4) is 0 Å². The smallest absolute Gasteiger partial charge is 0.159 e. The summed E-state index contributed by atoms with van der Waals surface area (Å²) < 4.78 is 26.0. The zero-order chi connectivity index (χ0) is 14.4. The summed E-state index contributed by atoms with van der Waals surface area (Å²) in [6.07, 6.45) is 5.92. The van der Waals surface area contributed by atoms with E-state index in [4.69, 9.17) is 6.42 Å². The number of terminal acetylenes is 1. The highest BCUT2D eigenvalue weighted by atomic mass is 19.2. The van der Waals surface area contributed by atoms with Crippen molar-refractivity contribution in [3.05, 3.63) is 71.3 Å². The van der Waals surface area contributed by atoms with Crippen LogP contribution < -0.4 is 5.32 Å². The molecule has 0 saturated heterocycles. The topological polar surface area (TPSA) is 12.0 Å². The van der Waals surface area contributed by atoms with Crippen LogP contribution in [0.25, 0.3) is 0 Å².